The van der Waals surface area contributed by atoms with E-state index in [0.717, 1.165) is 21.6 Å². The van der Waals surface area contributed by atoms with E-state index in [0.29, 0.717) is 0 Å². The lowest BCUT2D eigenvalue weighted by Gasteiger charge is -2.12. The highest BCUT2D eigenvalue weighted by atomic mass is 32.2. The summed E-state index contributed by atoms with van der Waals surface area (Å²) < 4.78 is 1.69. The fourth-order valence-electron chi connectivity index (χ4n) is 2.03. The molecule has 0 atom stereocenters. The summed E-state index contributed by atoms with van der Waals surface area (Å²) in [6.07, 6.45) is 0. The van der Waals surface area contributed by atoms with E-state index in [1.807, 2.05) is 49.5 Å². The predicted octanol–water partition coefficient (Wildman–Crippen LogP) is 3.45. The monoisotopic (exact) mass is 241 g/mol. The molecule has 2 aromatic rings. The summed E-state index contributed by atoms with van der Waals surface area (Å²) in [5, 5.41) is 0. The van der Waals surface area contributed by atoms with Crippen molar-refractivity contribution in [2.75, 3.05) is 7.05 Å². The number of benzene rings is 2. The first kappa shape index (κ1) is 10.4. The second-order valence-corrected chi connectivity index (χ2v) is 5.11. The zero-order chi connectivity index (χ0) is 11.8. The lowest BCUT2D eigenvalue weighted by molar-refractivity contribution is 0.0893. The summed E-state index contributed by atoms with van der Waals surface area (Å²) in [5.74, 6) is 0.0572. The molecule has 0 saturated heterocycles. The first-order valence-electron chi connectivity index (χ1n) is 5.42. The van der Waals surface area contributed by atoms with Crippen molar-refractivity contribution >= 4 is 17.9 Å². The van der Waals surface area contributed by atoms with Gasteiger partial charge in [0.25, 0.3) is 5.91 Å². The van der Waals surface area contributed by atoms with E-state index in [9.17, 15) is 4.79 Å². The van der Waals surface area contributed by atoms with Gasteiger partial charge >= 0.3 is 0 Å². The predicted molar refractivity (Wildman–Crippen MR) is 69.8 cm³/mol. The molecule has 3 heteroatoms. The Morgan fingerprint density at radius 3 is 2.24 bits per heavy atom. The number of amides is 1. The van der Waals surface area contributed by atoms with Crippen LogP contribution < -0.4 is 0 Å². The normalized spacial score (nSPS) is 13.9. The maximum atomic E-state index is 12.2. The molecule has 0 aliphatic carbocycles. The van der Waals surface area contributed by atoms with Crippen LogP contribution in [0.5, 0.6) is 0 Å². The van der Waals surface area contributed by atoms with E-state index >= 15 is 0 Å². The summed E-state index contributed by atoms with van der Waals surface area (Å²) >= 11 is 1.48. The SMILES string of the molecule is CN1Sc2ccccc2-c2ccccc2C1=O. The Morgan fingerprint density at radius 1 is 0.882 bits per heavy atom. The third-order valence-electron chi connectivity index (χ3n) is 2.86. The third-order valence-corrected chi connectivity index (χ3v) is 3.85. The van der Waals surface area contributed by atoms with Gasteiger partial charge in [0.2, 0.25) is 0 Å². The molecule has 3 rings (SSSR count). The first-order chi connectivity index (χ1) is 8.27. The maximum absolute atomic E-state index is 12.2. The Kier molecular flexibility index (Phi) is 2.41. The second kappa shape index (κ2) is 3.93. The quantitative estimate of drug-likeness (QED) is 0.658. The van der Waals surface area contributed by atoms with Crippen molar-refractivity contribution in [2.24, 2.45) is 0 Å². The Hall–Kier alpha value is -1.74. The van der Waals surface area contributed by atoms with Crippen LogP contribution in [0.15, 0.2) is 53.4 Å². The van der Waals surface area contributed by atoms with Crippen LogP contribution in [-0.2, 0) is 0 Å². The number of carbonyl (C=O) groups excluding carboxylic acids is 1. The largest absolute Gasteiger partial charge is 0.281 e. The van der Waals surface area contributed by atoms with Gasteiger partial charge in [-0.25, -0.2) is 0 Å². The lowest BCUT2D eigenvalue weighted by atomic mass is 9.99. The number of nitrogens with zero attached hydrogens (tertiary/aromatic N) is 1. The van der Waals surface area contributed by atoms with Crippen molar-refractivity contribution in [3.63, 3.8) is 0 Å². The zero-order valence-electron chi connectivity index (χ0n) is 9.38. The topological polar surface area (TPSA) is 20.3 Å². The summed E-state index contributed by atoms with van der Waals surface area (Å²) in [5.41, 5.74) is 2.92. The maximum Gasteiger partial charge on any atom is 0.264 e. The molecule has 0 spiro atoms. The van der Waals surface area contributed by atoms with Crippen molar-refractivity contribution in [3.8, 4) is 11.1 Å². The van der Waals surface area contributed by atoms with Crippen LogP contribution in [0.3, 0.4) is 0 Å². The van der Waals surface area contributed by atoms with Crippen LogP contribution in [0, 0.1) is 0 Å². The molecular formula is C14H11NOS. The molecule has 0 bridgehead atoms. The van der Waals surface area contributed by atoms with E-state index in [1.165, 1.54) is 11.9 Å². The Bertz CT molecular complexity index is 594. The molecule has 0 radical (unpaired) electrons. The Morgan fingerprint density at radius 2 is 1.47 bits per heavy atom. The standard InChI is InChI=1S/C14H11NOS/c1-15-14(16)12-8-3-2-6-10(12)11-7-4-5-9-13(11)17-15/h2-9H,1H3. The molecule has 0 unspecified atom stereocenters. The molecule has 2 nitrogen and oxygen atoms in total. The van der Waals surface area contributed by atoms with Gasteiger partial charge in [0, 0.05) is 17.5 Å². The van der Waals surface area contributed by atoms with Crippen LogP contribution in [-0.4, -0.2) is 17.3 Å². The molecular weight excluding hydrogens is 230 g/mol. The average Bonchev–Trinajstić information content (AvgIpc) is 2.48. The highest BCUT2D eigenvalue weighted by Gasteiger charge is 2.23. The van der Waals surface area contributed by atoms with Crippen molar-refractivity contribution in [2.45, 2.75) is 4.90 Å². The molecule has 2 aromatic carbocycles. The molecule has 0 aromatic heterocycles. The van der Waals surface area contributed by atoms with Crippen molar-refractivity contribution in [3.05, 3.63) is 54.1 Å². The fourth-order valence-corrected chi connectivity index (χ4v) is 2.92. The fraction of sp³-hybridized carbons (Fsp3) is 0.0714. The van der Waals surface area contributed by atoms with E-state index in [1.54, 1.807) is 4.31 Å². The van der Waals surface area contributed by atoms with Gasteiger partial charge in [0.15, 0.2) is 0 Å². The third kappa shape index (κ3) is 1.63. The van der Waals surface area contributed by atoms with Crippen molar-refractivity contribution in [1.82, 2.24) is 4.31 Å². The number of rotatable bonds is 0. The summed E-state index contributed by atoms with van der Waals surface area (Å²) in [6, 6.07) is 15.9. The molecule has 1 aliphatic heterocycles. The molecule has 17 heavy (non-hydrogen) atoms. The van der Waals surface area contributed by atoms with E-state index in [-0.39, 0.29) is 5.91 Å². The minimum Gasteiger partial charge on any atom is -0.281 e. The van der Waals surface area contributed by atoms with Gasteiger partial charge in [-0.3, -0.25) is 9.10 Å². The van der Waals surface area contributed by atoms with E-state index in [4.69, 9.17) is 0 Å². The van der Waals surface area contributed by atoms with Gasteiger partial charge in [0.05, 0.1) is 0 Å². The number of hydrogen-bond acceptors (Lipinski definition) is 2. The minimum atomic E-state index is 0.0572. The zero-order valence-corrected chi connectivity index (χ0v) is 10.2. The van der Waals surface area contributed by atoms with Crippen LogP contribution in [0.4, 0.5) is 0 Å². The van der Waals surface area contributed by atoms with Crippen LogP contribution in [0.2, 0.25) is 0 Å². The summed E-state index contributed by atoms with van der Waals surface area (Å²) in [4.78, 5) is 13.3. The Labute approximate surface area is 104 Å². The average molecular weight is 241 g/mol. The second-order valence-electron chi connectivity index (χ2n) is 3.94. The minimum absolute atomic E-state index is 0.0572. The van der Waals surface area contributed by atoms with Crippen molar-refractivity contribution < 1.29 is 4.79 Å². The Balaban J connectivity index is 2.33. The molecule has 0 fully saturated rings. The number of hydrogen-bond donors (Lipinski definition) is 0. The molecule has 0 N–H and O–H groups in total. The van der Waals surface area contributed by atoms with Crippen LogP contribution in [0.1, 0.15) is 10.4 Å². The van der Waals surface area contributed by atoms with Gasteiger partial charge < -0.3 is 0 Å². The van der Waals surface area contributed by atoms with Gasteiger partial charge in [0.1, 0.15) is 0 Å². The smallest absolute Gasteiger partial charge is 0.264 e. The number of fused-ring (bicyclic) bond motifs is 3. The van der Waals surface area contributed by atoms with Gasteiger partial charge in [-0.15, -0.1) is 0 Å². The van der Waals surface area contributed by atoms with Crippen LogP contribution in [0.25, 0.3) is 11.1 Å². The lowest BCUT2D eigenvalue weighted by Crippen LogP contribution is -2.18. The molecule has 1 amide bonds. The van der Waals surface area contributed by atoms with Gasteiger partial charge in [-0.2, -0.15) is 0 Å². The molecule has 0 saturated carbocycles. The molecule has 1 aliphatic rings. The highest BCUT2D eigenvalue weighted by Crippen LogP contribution is 2.38. The molecule has 84 valence electrons. The molecule has 1 heterocycles. The summed E-state index contributed by atoms with van der Waals surface area (Å²) in [7, 11) is 1.81. The van der Waals surface area contributed by atoms with Gasteiger partial charge in [-0.05, 0) is 35.2 Å². The first-order valence-corrected chi connectivity index (χ1v) is 6.19. The number of carbonyl (C=O) groups is 1. The summed E-state index contributed by atoms with van der Waals surface area (Å²) in [6.45, 7) is 0. The van der Waals surface area contributed by atoms with Gasteiger partial charge in [-0.1, -0.05) is 36.4 Å². The highest BCUT2D eigenvalue weighted by molar-refractivity contribution is 7.97. The van der Waals surface area contributed by atoms with E-state index in [2.05, 4.69) is 6.07 Å². The van der Waals surface area contributed by atoms with E-state index < -0.39 is 0 Å². The van der Waals surface area contributed by atoms with Crippen molar-refractivity contribution in [1.29, 1.82) is 0 Å². The van der Waals surface area contributed by atoms with Crippen LogP contribution >= 0.6 is 11.9 Å².